The number of aryl methyl sites for hydroxylation is 1. The quantitative estimate of drug-likeness (QED) is 0.343. The third-order valence-corrected chi connectivity index (χ3v) is 8.10. The highest BCUT2D eigenvalue weighted by Gasteiger charge is 2.39. The smallest absolute Gasteiger partial charge is 0.410 e. The number of thiazole rings is 1. The van der Waals surface area contributed by atoms with Gasteiger partial charge in [0.25, 0.3) is 0 Å². The van der Waals surface area contributed by atoms with E-state index in [-0.39, 0.29) is 17.4 Å². The Bertz CT molecular complexity index is 1370. The van der Waals surface area contributed by atoms with Crippen molar-refractivity contribution in [3.05, 3.63) is 30.2 Å². The number of rotatable bonds is 2. The van der Waals surface area contributed by atoms with Gasteiger partial charge in [-0.05, 0) is 52.8 Å². The molecule has 5 rings (SSSR count). The Morgan fingerprint density at radius 3 is 2.62 bits per heavy atom. The second kappa shape index (κ2) is 7.91. The number of carbonyl (C=O) groups excluding carboxylic acids is 1. The van der Waals surface area contributed by atoms with E-state index in [4.69, 9.17) is 9.72 Å². The monoisotopic (exact) mass is 501 g/mol. The average Bonchev–Trinajstić information content (AvgIpc) is 3.37. The summed E-state index contributed by atoms with van der Waals surface area (Å²) < 4.78 is 22.9. The van der Waals surface area contributed by atoms with Crippen LogP contribution in [0.1, 0.15) is 34.6 Å². The largest absolute Gasteiger partial charge is 0.444 e. The minimum Gasteiger partial charge on any atom is -0.444 e. The summed E-state index contributed by atoms with van der Waals surface area (Å²) in [5.74, 6) is -0.336. The summed E-state index contributed by atoms with van der Waals surface area (Å²) in [6.45, 7) is 11.8. The third kappa shape index (κ3) is 4.24. The molecule has 4 aromatic rings. The van der Waals surface area contributed by atoms with E-state index < -0.39 is 5.60 Å². The molecule has 7 nitrogen and oxygen atoms in total. The van der Waals surface area contributed by atoms with Crippen LogP contribution in [0.3, 0.4) is 0 Å². The summed E-state index contributed by atoms with van der Waals surface area (Å²) in [5.41, 5.74) is 0.254. The van der Waals surface area contributed by atoms with Crippen molar-refractivity contribution in [2.24, 2.45) is 7.05 Å². The van der Waals surface area contributed by atoms with Gasteiger partial charge in [-0.15, -0.1) is 11.3 Å². The maximum Gasteiger partial charge on any atom is 0.410 e. The van der Waals surface area contributed by atoms with E-state index in [0.29, 0.717) is 18.6 Å². The molecule has 1 amide bonds. The van der Waals surface area contributed by atoms with Gasteiger partial charge in [0.1, 0.15) is 21.0 Å². The van der Waals surface area contributed by atoms with Gasteiger partial charge in [-0.2, -0.15) is 5.10 Å². The first-order chi connectivity index (χ1) is 15.9. The molecule has 3 aromatic heterocycles. The lowest BCUT2D eigenvalue weighted by molar-refractivity contribution is 0.000433. The molecule has 1 aliphatic heterocycles. The van der Waals surface area contributed by atoms with Gasteiger partial charge in [0.15, 0.2) is 5.82 Å². The van der Waals surface area contributed by atoms with Crippen molar-refractivity contribution in [2.45, 2.75) is 45.8 Å². The number of aromatic nitrogens is 3. The topological polar surface area (TPSA) is 63.5 Å². The average molecular weight is 502 g/mol. The van der Waals surface area contributed by atoms with Crippen molar-refractivity contribution >= 4 is 54.2 Å². The van der Waals surface area contributed by atoms with E-state index in [0.717, 1.165) is 37.0 Å². The number of fused-ring (bicyclic) bond motifs is 2. The molecule has 10 heteroatoms. The molecule has 0 atom stereocenters. The number of carbonyl (C=O) groups is 1. The first-order valence-electron chi connectivity index (χ1n) is 11.2. The Hall–Kier alpha value is -2.72. The number of anilines is 1. The van der Waals surface area contributed by atoms with Crippen molar-refractivity contribution in [3.8, 4) is 10.6 Å². The number of hydrogen-bond acceptors (Lipinski definition) is 7. The predicted octanol–water partition coefficient (Wildman–Crippen LogP) is 5.89. The van der Waals surface area contributed by atoms with Crippen LogP contribution in [0.2, 0.25) is 0 Å². The normalized spacial score (nSPS) is 16.6. The van der Waals surface area contributed by atoms with Gasteiger partial charge in [0.2, 0.25) is 0 Å². The van der Waals surface area contributed by atoms with Crippen LogP contribution >= 0.6 is 22.7 Å². The van der Waals surface area contributed by atoms with Gasteiger partial charge in [-0.3, -0.25) is 9.58 Å². The molecule has 34 heavy (non-hydrogen) atoms. The van der Waals surface area contributed by atoms with Crippen LogP contribution in [0, 0.1) is 5.82 Å². The van der Waals surface area contributed by atoms with E-state index in [1.54, 1.807) is 34.4 Å². The molecule has 0 unspecified atom stereocenters. The van der Waals surface area contributed by atoms with Gasteiger partial charge in [0.05, 0.1) is 15.2 Å². The minimum absolute atomic E-state index is 0.270. The predicted molar refractivity (Wildman–Crippen MR) is 136 cm³/mol. The zero-order chi connectivity index (χ0) is 24.4. The van der Waals surface area contributed by atoms with Gasteiger partial charge in [-0.25, -0.2) is 14.2 Å². The molecule has 180 valence electrons. The number of amides is 1. The van der Waals surface area contributed by atoms with Gasteiger partial charge in [-0.1, -0.05) is 11.3 Å². The molecule has 0 aliphatic carbocycles. The first kappa shape index (κ1) is 23.0. The summed E-state index contributed by atoms with van der Waals surface area (Å²) in [7, 11) is 1.79. The maximum atomic E-state index is 14.5. The molecular weight excluding hydrogens is 473 g/mol. The Labute approximate surface area is 205 Å². The van der Waals surface area contributed by atoms with Crippen LogP contribution in [0.15, 0.2) is 24.4 Å². The number of hydrogen-bond donors (Lipinski definition) is 0. The fourth-order valence-electron chi connectivity index (χ4n) is 4.34. The summed E-state index contributed by atoms with van der Waals surface area (Å²) in [6, 6.07) is 5.60. The molecule has 1 saturated heterocycles. The van der Waals surface area contributed by atoms with Gasteiger partial charge >= 0.3 is 6.09 Å². The van der Waals surface area contributed by atoms with Crippen LogP contribution in [-0.2, 0) is 11.8 Å². The zero-order valence-corrected chi connectivity index (χ0v) is 21.8. The number of piperazine rings is 1. The maximum absolute atomic E-state index is 14.5. The summed E-state index contributed by atoms with van der Waals surface area (Å²) in [6.07, 6.45) is 1.54. The van der Waals surface area contributed by atoms with Crippen LogP contribution in [0.4, 0.5) is 14.2 Å². The van der Waals surface area contributed by atoms with Crippen molar-refractivity contribution in [1.29, 1.82) is 0 Å². The minimum atomic E-state index is -0.518. The standard InChI is InChI=1S/C24H28FN5O2S2/c1-23(2,3)32-22(31)30-8-7-29(13-24(30,4)5)18-11-17-21(34-18)26-20(33-17)14-9-15-12-28(6)27-19(15)16(25)10-14/h9-12H,7-8,13H2,1-6H3. The Kier molecular flexibility index (Phi) is 5.36. The van der Waals surface area contributed by atoms with Crippen LogP contribution in [0.5, 0.6) is 0 Å². The SMILES string of the molecule is Cn1cc2cc(-c3nc4sc(N5CCN(C(=O)OC(C)(C)C)C(C)(C)C5)cc4s3)cc(F)c2n1. The highest BCUT2D eigenvalue weighted by molar-refractivity contribution is 7.30. The molecule has 0 bridgehead atoms. The number of benzene rings is 1. The molecular formula is C24H28FN5O2S2. The number of ether oxygens (including phenoxy) is 1. The van der Waals surface area contributed by atoms with Crippen LogP contribution in [0.25, 0.3) is 31.0 Å². The fraction of sp³-hybridized carbons (Fsp3) is 0.458. The summed E-state index contributed by atoms with van der Waals surface area (Å²) in [5, 5.41) is 6.87. The number of nitrogens with zero attached hydrogens (tertiary/aromatic N) is 5. The molecule has 0 N–H and O–H groups in total. The number of halogens is 1. The number of thiophene rings is 1. The van der Waals surface area contributed by atoms with E-state index >= 15 is 0 Å². The highest BCUT2D eigenvalue weighted by atomic mass is 32.1. The van der Waals surface area contributed by atoms with Gasteiger partial charge in [0, 0.05) is 43.8 Å². The lowest BCUT2D eigenvalue weighted by Crippen LogP contribution is -2.61. The van der Waals surface area contributed by atoms with E-state index in [1.807, 2.05) is 37.9 Å². The highest BCUT2D eigenvalue weighted by Crippen LogP contribution is 2.41. The molecule has 1 aliphatic rings. The lowest BCUT2D eigenvalue weighted by Gasteiger charge is -2.47. The first-order valence-corrected chi connectivity index (χ1v) is 12.8. The molecule has 1 fully saturated rings. The van der Waals surface area contributed by atoms with E-state index in [9.17, 15) is 9.18 Å². The molecule has 0 saturated carbocycles. The Balaban J connectivity index is 1.36. The Morgan fingerprint density at radius 1 is 1.18 bits per heavy atom. The molecule has 4 heterocycles. The molecule has 0 radical (unpaired) electrons. The van der Waals surface area contributed by atoms with Crippen LogP contribution in [-0.4, -0.2) is 56.5 Å². The third-order valence-electron chi connectivity index (χ3n) is 5.83. The van der Waals surface area contributed by atoms with Crippen molar-refractivity contribution in [1.82, 2.24) is 19.7 Å². The fourth-order valence-corrected chi connectivity index (χ4v) is 6.56. The van der Waals surface area contributed by atoms with E-state index in [1.165, 1.54) is 6.07 Å². The Morgan fingerprint density at radius 2 is 1.94 bits per heavy atom. The lowest BCUT2D eigenvalue weighted by atomic mass is 9.99. The van der Waals surface area contributed by atoms with Crippen molar-refractivity contribution in [2.75, 3.05) is 24.5 Å². The van der Waals surface area contributed by atoms with E-state index in [2.05, 4.69) is 29.9 Å². The summed E-state index contributed by atoms with van der Waals surface area (Å²) in [4.78, 5) is 22.6. The second-order valence-electron chi connectivity index (χ2n) is 10.3. The zero-order valence-electron chi connectivity index (χ0n) is 20.2. The summed E-state index contributed by atoms with van der Waals surface area (Å²) >= 11 is 3.20. The van der Waals surface area contributed by atoms with Gasteiger partial charge < -0.3 is 9.64 Å². The molecule has 0 spiro atoms. The van der Waals surface area contributed by atoms with Crippen LogP contribution < -0.4 is 4.90 Å². The second-order valence-corrected chi connectivity index (χ2v) is 12.4. The molecule has 1 aromatic carbocycles. The van der Waals surface area contributed by atoms with Crippen molar-refractivity contribution in [3.63, 3.8) is 0 Å². The van der Waals surface area contributed by atoms with Crippen molar-refractivity contribution < 1.29 is 13.9 Å².